The van der Waals surface area contributed by atoms with Gasteiger partial charge in [-0.1, -0.05) is 0 Å². The molecule has 0 aliphatic heterocycles. The average Bonchev–Trinajstić information content (AvgIpc) is 2.68. The number of carbonyl (C=O) groups excluding carboxylic acids is 3. The molecule has 172 valence electrons. The minimum atomic E-state index is -1.23. The predicted molar refractivity (Wildman–Crippen MR) is 111 cm³/mol. The summed E-state index contributed by atoms with van der Waals surface area (Å²) in [5, 5.41) is 24.7. The summed E-state index contributed by atoms with van der Waals surface area (Å²) >= 11 is 4.02. The van der Waals surface area contributed by atoms with Crippen molar-refractivity contribution in [2.45, 2.75) is 63.2 Å². The predicted octanol–water partition coefficient (Wildman–Crippen LogP) is -2.20. The van der Waals surface area contributed by atoms with E-state index in [0.29, 0.717) is 19.4 Å². The van der Waals surface area contributed by atoms with Gasteiger partial charge in [0, 0.05) is 12.2 Å². The van der Waals surface area contributed by atoms with Crippen molar-refractivity contribution in [1.29, 1.82) is 0 Å². The van der Waals surface area contributed by atoms with Crippen LogP contribution in [0, 0.1) is 0 Å². The van der Waals surface area contributed by atoms with Crippen LogP contribution in [0.4, 0.5) is 0 Å². The van der Waals surface area contributed by atoms with E-state index < -0.39 is 53.8 Å². The first kappa shape index (κ1) is 27.6. The lowest BCUT2D eigenvalue weighted by atomic mass is 10.1. The quantitative estimate of drug-likeness (QED) is 0.100. The molecule has 4 unspecified atom stereocenters. The van der Waals surface area contributed by atoms with Crippen LogP contribution >= 0.6 is 12.6 Å². The number of carboxylic acid groups (broad SMARTS) is 2. The molecule has 0 heterocycles. The van der Waals surface area contributed by atoms with E-state index in [1.54, 1.807) is 0 Å². The first-order valence-electron chi connectivity index (χ1n) is 9.45. The maximum Gasteiger partial charge on any atom is 0.325 e. The molecule has 3 amide bonds. The molecule has 0 saturated heterocycles. The van der Waals surface area contributed by atoms with Gasteiger partial charge in [-0.05, 0) is 39.2 Å². The van der Waals surface area contributed by atoms with E-state index >= 15 is 0 Å². The third kappa shape index (κ3) is 11.0. The summed E-state index contributed by atoms with van der Waals surface area (Å²) in [5.41, 5.74) is 11.1. The summed E-state index contributed by atoms with van der Waals surface area (Å²) in [6.45, 7) is 1.67. The van der Waals surface area contributed by atoms with Gasteiger partial charge in [-0.2, -0.15) is 12.6 Å². The fourth-order valence-electron chi connectivity index (χ4n) is 2.29. The van der Waals surface area contributed by atoms with Gasteiger partial charge in [-0.3, -0.25) is 24.0 Å². The SMILES string of the molecule is CC(NC(=O)C(CCCCN)NC(=O)C(CS)NC(=O)C(N)CCC(=O)O)C(=O)O. The second-order valence-electron chi connectivity index (χ2n) is 6.70. The van der Waals surface area contributed by atoms with E-state index in [2.05, 4.69) is 28.6 Å². The Balaban J connectivity index is 5.04. The van der Waals surface area contributed by atoms with Gasteiger partial charge in [0.25, 0.3) is 0 Å². The third-order valence-electron chi connectivity index (χ3n) is 4.13. The fraction of sp³-hybridized carbons (Fsp3) is 0.706. The van der Waals surface area contributed by atoms with E-state index in [1.165, 1.54) is 6.92 Å². The number of nitrogens with one attached hydrogen (secondary N) is 3. The summed E-state index contributed by atoms with van der Waals surface area (Å²) in [6, 6.07) is -4.44. The number of aliphatic carboxylic acids is 2. The van der Waals surface area contributed by atoms with Crippen molar-refractivity contribution in [3.8, 4) is 0 Å². The van der Waals surface area contributed by atoms with Crippen LogP contribution in [-0.2, 0) is 24.0 Å². The van der Waals surface area contributed by atoms with Crippen LogP contribution < -0.4 is 27.4 Å². The van der Waals surface area contributed by atoms with Crippen molar-refractivity contribution in [3.05, 3.63) is 0 Å². The first-order valence-corrected chi connectivity index (χ1v) is 10.1. The van der Waals surface area contributed by atoms with Gasteiger partial charge in [0.1, 0.15) is 18.1 Å². The van der Waals surface area contributed by atoms with Crippen molar-refractivity contribution in [1.82, 2.24) is 16.0 Å². The van der Waals surface area contributed by atoms with E-state index in [0.717, 1.165) is 0 Å². The fourth-order valence-corrected chi connectivity index (χ4v) is 2.55. The Morgan fingerprint density at radius 3 is 1.97 bits per heavy atom. The molecule has 30 heavy (non-hydrogen) atoms. The van der Waals surface area contributed by atoms with E-state index in [4.69, 9.17) is 21.7 Å². The highest BCUT2D eigenvalue weighted by molar-refractivity contribution is 7.80. The summed E-state index contributed by atoms with van der Waals surface area (Å²) < 4.78 is 0. The second-order valence-corrected chi connectivity index (χ2v) is 7.06. The average molecular weight is 450 g/mol. The van der Waals surface area contributed by atoms with Gasteiger partial charge in [0.2, 0.25) is 17.7 Å². The molecule has 4 atom stereocenters. The van der Waals surface area contributed by atoms with Gasteiger partial charge in [0.15, 0.2) is 0 Å². The number of thiol groups is 1. The highest BCUT2D eigenvalue weighted by Crippen LogP contribution is 2.04. The number of hydrogen-bond donors (Lipinski definition) is 8. The number of rotatable bonds is 15. The number of amides is 3. The minimum absolute atomic E-state index is 0.105. The van der Waals surface area contributed by atoms with Crippen LogP contribution in [0.1, 0.15) is 39.0 Å². The molecular formula is C17H31N5O7S. The lowest BCUT2D eigenvalue weighted by molar-refractivity contribution is -0.142. The lowest BCUT2D eigenvalue weighted by Gasteiger charge is -2.24. The normalized spacial score (nSPS) is 14.7. The van der Waals surface area contributed by atoms with Gasteiger partial charge < -0.3 is 37.6 Å². The molecule has 0 aromatic heterocycles. The summed E-state index contributed by atoms with van der Waals surface area (Å²) in [7, 11) is 0. The molecule has 13 heteroatoms. The summed E-state index contributed by atoms with van der Waals surface area (Å²) in [4.78, 5) is 58.5. The third-order valence-corrected chi connectivity index (χ3v) is 4.50. The van der Waals surface area contributed by atoms with Gasteiger partial charge in [-0.25, -0.2) is 0 Å². The Morgan fingerprint density at radius 1 is 0.900 bits per heavy atom. The van der Waals surface area contributed by atoms with Crippen molar-refractivity contribution in [2.75, 3.05) is 12.3 Å². The number of nitrogens with two attached hydrogens (primary N) is 2. The van der Waals surface area contributed by atoms with Crippen LogP contribution in [0.5, 0.6) is 0 Å². The van der Waals surface area contributed by atoms with Gasteiger partial charge in [0.05, 0.1) is 6.04 Å². The van der Waals surface area contributed by atoms with Crippen molar-refractivity contribution in [2.24, 2.45) is 11.5 Å². The highest BCUT2D eigenvalue weighted by atomic mass is 32.1. The van der Waals surface area contributed by atoms with Crippen molar-refractivity contribution < 1.29 is 34.2 Å². The maximum absolute atomic E-state index is 12.5. The zero-order valence-electron chi connectivity index (χ0n) is 16.8. The van der Waals surface area contributed by atoms with Crippen molar-refractivity contribution in [3.63, 3.8) is 0 Å². The molecule has 0 rings (SSSR count). The standard InChI is InChI=1S/C17H31N5O7S/c1-9(17(28)29)20-15(26)11(4-2-3-7-18)21-16(27)12(8-30)22-14(25)10(19)5-6-13(23)24/h9-12,30H,2-8,18-19H2,1H3,(H,20,26)(H,21,27)(H,22,25)(H,23,24)(H,28,29). The Morgan fingerprint density at radius 2 is 1.47 bits per heavy atom. The van der Waals surface area contributed by atoms with Crippen molar-refractivity contribution >= 4 is 42.3 Å². The van der Waals surface area contributed by atoms with Crippen LogP contribution in [0.2, 0.25) is 0 Å². The first-order chi connectivity index (χ1) is 14.0. The van der Waals surface area contributed by atoms with E-state index in [1.807, 2.05) is 0 Å². The number of carbonyl (C=O) groups is 5. The highest BCUT2D eigenvalue weighted by Gasteiger charge is 2.28. The monoisotopic (exact) mass is 449 g/mol. The molecule has 12 nitrogen and oxygen atoms in total. The molecular weight excluding hydrogens is 418 g/mol. The Kier molecular flexibility index (Phi) is 13.4. The van der Waals surface area contributed by atoms with E-state index in [9.17, 15) is 24.0 Å². The second kappa shape index (κ2) is 14.6. The Bertz CT molecular complexity index is 619. The Labute approximate surface area is 179 Å². The van der Waals surface area contributed by atoms with Gasteiger partial charge in [-0.15, -0.1) is 0 Å². The molecule has 9 N–H and O–H groups in total. The number of hydrogen-bond acceptors (Lipinski definition) is 8. The summed E-state index contributed by atoms with van der Waals surface area (Å²) in [6.07, 6.45) is 0.900. The molecule has 0 saturated carbocycles. The number of unbranched alkanes of at least 4 members (excludes halogenated alkanes) is 1. The topological polar surface area (TPSA) is 214 Å². The minimum Gasteiger partial charge on any atom is -0.481 e. The van der Waals surface area contributed by atoms with Crippen LogP contribution in [-0.4, -0.2) is 76.3 Å². The molecule has 0 aliphatic carbocycles. The van der Waals surface area contributed by atoms with Crippen LogP contribution in [0.3, 0.4) is 0 Å². The largest absolute Gasteiger partial charge is 0.481 e. The lowest BCUT2D eigenvalue weighted by Crippen LogP contribution is -2.57. The smallest absolute Gasteiger partial charge is 0.325 e. The number of carboxylic acids is 2. The van der Waals surface area contributed by atoms with E-state index in [-0.39, 0.29) is 25.0 Å². The summed E-state index contributed by atoms with van der Waals surface area (Å²) in [5.74, 6) is -4.56. The van der Waals surface area contributed by atoms with Gasteiger partial charge >= 0.3 is 11.9 Å². The zero-order chi connectivity index (χ0) is 23.3. The molecule has 0 aromatic carbocycles. The molecule has 0 aliphatic rings. The maximum atomic E-state index is 12.5. The molecule has 0 spiro atoms. The molecule has 0 aromatic rings. The van der Waals surface area contributed by atoms with Crippen LogP contribution in [0.15, 0.2) is 0 Å². The van der Waals surface area contributed by atoms with Crippen LogP contribution in [0.25, 0.3) is 0 Å². The Hall–Kier alpha value is -2.38. The molecule has 0 radical (unpaired) electrons. The molecule has 0 bridgehead atoms. The molecule has 0 fully saturated rings. The zero-order valence-corrected chi connectivity index (χ0v) is 17.7.